The summed E-state index contributed by atoms with van der Waals surface area (Å²) in [6.45, 7) is 0. The van der Waals surface area contributed by atoms with Gasteiger partial charge in [0.1, 0.15) is 17.7 Å². The highest BCUT2D eigenvalue weighted by atomic mass is 19.4. The lowest BCUT2D eigenvalue weighted by atomic mass is 10.3. The zero-order valence-corrected chi connectivity index (χ0v) is 11.7. The highest BCUT2D eigenvalue weighted by molar-refractivity contribution is 5.71. The number of hydrogen-bond donors (Lipinski definition) is 0. The largest absolute Gasteiger partial charge is 0.451 e. The van der Waals surface area contributed by atoms with E-state index in [1.807, 2.05) is 19.0 Å². The van der Waals surface area contributed by atoms with Crippen LogP contribution in [0.5, 0.6) is 0 Å². The van der Waals surface area contributed by atoms with Gasteiger partial charge in [0.15, 0.2) is 5.65 Å². The zero-order chi connectivity index (χ0) is 15.9. The molecule has 0 aliphatic rings. The molecule has 0 fully saturated rings. The second-order valence-electron chi connectivity index (χ2n) is 4.78. The molecule has 0 unspecified atom stereocenters. The molecule has 6 nitrogen and oxygen atoms in total. The molecule has 114 valence electrons. The van der Waals surface area contributed by atoms with Gasteiger partial charge in [0, 0.05) is 32.0 Å². The second-order valence-corrected chi connectivity index (χ2v) is 4.78. The fourth-order valence-corrected chi connectivity index (χ4v) is 1.93. The molecule has 3 heterocycles. The minimum Gasteiger partial charge on any atom is -0.378 e. The van der Waals surface area contributed by atoms with E-state index < -0.39 is 12.0 Å². The fourth-order valence-electron chi connectivity index (χ4n) is 1.93. The number of aromatic nitrogens is 5. The minimum atomic E-state index is -4.61. The molecule has 0 saturated heterocycles. The van der Waals surface area contributed by atoms with Crippen LogP contribution in [0.4, 0.5) is 18.9 Å². The molecule has 0 aliphatic carbocycles. The van der Waals surface area contributed by atoms with Crippen molar-refractivity contribution in [3.8, 4) is 5.82 Å². The van der Waals surface area contributed by atoms with Crippen LogP contribution in [0.2, 0.25) is 0 Å². The average molecular weight is 308 g/mol. The van der Waals surface area contributed by atoms with Crippen LogP contribution >= 0.6 is 0 Å². The van der Waals surface area contributed by atoms with Gasteiger partial charge in [-0.25, -0.2) is 19.9 Å². The number of hydrogen-bond acceptors (Lipinski definition) is 5. The van der Waals surface area contributed by atoms with Crippen LogP contribution < -0.4 is 4.90 Å². The number of alkyl halides is 3. The Kier molecular flexibility index (Phi) is 3.19. The number of imidazole rings is 1. The molecule has 0 radical (unpaired) electrons. The fraction of sp³-hybridized carbons (Fsp3) is 0.231. The van der Waals surface area contributed by atoms with Gasteiger partial charge >= 0.3 is 6.18 Å². The number of nitrogens with zero attached hydrogens (tertiary/aromatic N) is 6. The van der Waals surface area contributed by atoms with Crippen LogP contribution in [0.1, 0.15) is 5.82 Å². The molecule has 0 N–H and O–H groups in total. The maximum absolute atomic E-state index is 12.7. The molecule has 0 amide bonds. The summed E-state index contributed by atoms with van der Waals surface area (Å²) < 4.78 is 39.6. The normalized spacial score (nSPS) is 11.9. The molecule has 0 saturated carbocycles. The number of fused-ring (bicyclic) bond motifs is 1. The van der Waals surface area contributed by atoms with Crippen LogP contribution in [-0.4, -0.2) is 38.6 Å². The lowest BCUT2D eigenvalue weighted by Gasteiger charge is -2.13. The number of anilines is 1. The Morgan fingerprint density at radius 3 is 2.59 bits per heavy atom. The predicted octanol–water partition coefficient (Wildman–Crippen LogP) is 2.30. The Balaban J connectivity index is 2.17. The first-order chi connectivity index (χ1) is 10.4. The quantitative estimate of drug-likeness (QED) is 0.727. The van der Waals surface area contributed by atoms with Crippen LogP contribution in [0.3, 0.4) is 0 Å². The van der Waals surface area contributed by atoms with Gasteiger partial charge < -0.3 is 4.90 Å². The van der Waals surface area contributed by atoms with Crippen LogP contribution in [0.25, 0.3) is 17.0 Å². The van der Waals surface area contributed by atoms with E-state index in [1.54, 1.807) is 18.3 Å². The zero-order valence-electron chi connectivity index (χ0n) is 11.7. The molecule has 3 aromatic rings. The summed E-state index contributed by atoms with van der Waals surface area (Å²) in [6.07, 6.45) is -0.608. The van der Waals surface area contributed by atoms with Crippen molar-refractivity contribution in [2.24, 2.45) is 0 Å². The number of rotatable bonds is 2. The molecular weight excluding hydrogens is 297 g/mol. The number of halogens is 3. The Bertz CT molecular complexity index is 824. The molecule has 0 bridgehead atoms. The van der Waals surface area contributed by atoms with Gasteiger partial charge in [0.2, 0.25) is 5.82 Å². The van der Waals surface area contributed by atoms with Gasteiger partial charge in [-0.2, -0.15) is 13.2 Å². The van der Waals surface area contributed by atoms with Gasteiger partial charge in [-0.15, -0.1) is 0 Å². The van der Waals surface area contributed by atoms with E-state index in [4.69, 9.17) is 0 Å². The van der Waals surface area contributed by atoms with Crippen molar-refractivity contribution in [1.29, 1.82) is 0 Å². The molecule has 9 heteroatoms. The van der Waals surface area contributed by atoms with E-state index in [0.717, 1.165) is 11.9 Å². The van der Waals surface area contributed by atoms with Gasteiger partial charge in [0.25, 0.3) is 0 Å². The highest BCUT2D eigenvalue weighted by Gasteiger charge is 2.35. The van der Waals surface area contributed by atoms with Crippen molar-refractivity contribution < 1.29 is 13.2 Å². The summed E-state index contributed by atoms with van der Waals surface area (Å²) in [5.74, 6) is -0.772. The van der Waals surface area contributed by atoms with E-state index in [2.05, 4.69) is 19.9 Å². The monoisotopic (exact) mass is 308 g/mol. The summed E-state index contributed by atoms with van der Waals surface area (Å²) >= 11 is 0. The van der Waals surface area contributed by atoms with Crippen LogP contribution in [0.15, 0.2) is 30.9 Å². The first kappa shape index (κ1) is 14.2. The van der Waals surface area contributed by atoms with Crippen molar-refractivity contribution in [3.63, 3.8) is 0 Å². The van der Waals surface area contributed by atoms with Crippen molar-refractivity contribution in [2.45, 2.75) is 6.18 Å². The maximum atomic E-state index is 12.7. The SMILES string of the molecule is CN(C)c1ccnc(-n2cnc3cnc(C(F)(F)F)nc32)c1. The predicted molar refractivity (Wildman–Crippen MR) is 73.8 cm³/mol. The summed E-state index contributed by atoms with van der Waals surface area (Å²) in [6, 6.07) is 3.52. The summed E-state index contributed by atoms with van der Waals surface area (Å²) in [5, 5.41) is 0. The smallest absolute Gasteiger partial charge is 0.378 e. The Morgan fingerprint density at radius 2 is 1.91 bits per heavy atom. The van der Waals surface area contributed by atoms with Crippen molar-refractivity contribution in [2.75, 3.05) is 19.0 Å². The lowest BCUT2D eigenvalue weighted by Crippen LogP contribution is -2.12. The molecule has 3 aromatic heterocycles. The van der Waals surface area contributed by atoms with E-state index in [-0.39, 0.29) is 11.2 Å². The minimum absolute atomic E-state index is 0.0609. The van der Waals surface area contributed by atoms with E-state index >= 15 is 0 Å². The molecule has 22 heavy (non-hydrogen) atoms. The molecule has 0 aromatic carbocycles. The third-order valence-corrected chi connectivity index (χ3v) is 3.04. The van der Waals surface area contributed by atoms with Crippen molar-refractivity contribution in [1.82, 2.24) is 24.5 Å². The lowest BCUT2D eigenvalue weighted by molar-refractivity contribution is -0.144. The Labute approximate surface area is 123 Å². The molecule has 3 rings (SSSR count). The van der Waals surface area contributed by atoms with E-state index in [1.165, 1.54) is 10.9 Å². The second kappa shape index (κ2) is 4.93. The van der Waals surface area contributed by atoms with Gasteiger partial charge in [0.05, 0.1) is 6.20 Å². The topological polar surface area (TPSA) is 59.7 Å². The maximum Gasteiger partial charge on any atom is 0.451 e. The Morgan fingerprint density at radius 1 is 1.14 bits per heavy atom. The van der Waals surface area contributed by atoms with Crippen molar-refractivity contribution in [3.05, 3.63) is 36.7 Å². The van der Waals surface area contributed by atoms with E-state index in [9.17, 15) is 13.2 Å². The van der Waals surface area contributed by atoms with E-state index in [0.29, 0.717) is 5.82 Å². The summed E-state index contributed by atoms with van der Waals surface area (Å²) in [7, 11) is 3.71. The highest BCUT2D eigenvalue weighted by Crippen LogP contribution is 2.27. The average Bonchev–Trinajstić information content (AvgIpc) is 2.89. The third-order valence-electron chi connectivity index (χ3n) is 3.04. The summed E-state index contributed by atoms with van der Waals surface area (Å²) in [4.78, 5) is 16.9. The third kappa shape index (κ3) is 2.45. The van der Waals surface area contributed by atoms with Crippen molar-refractivity contribution >= 4 is 16.9 Å². The first-order valence-electron chi connectivity index (χ1n) is 6.27. The van der Waals surface area contributed by atoms with Gasteiger partial charge in [-0.05, 0) is 6.07 Å². The van der Waals surface area contributed by atoms with Gasteiger partial charge in [-0.3, -0.25) is 4.57 Å². The summed E-state index contributed by atoms with van der Waals surface area (Å²) in [5.41, 5.74) is 1.19. The molecule has 0 aliphatic heterocycles. The first-order valence-corrected chi connectivity index (χ1v) is 6.27. The number of pyridine rings is 1. The van der Waals surface area contributed by atoms with Crippen LogP contribution in [-0.2, 0) is 6.18 Å². The molecule has 0 atom stereocenters. The standard InChI is InChI=1S/C13H11F3N6/c1-21(2)8-3-4-17-10(5-8)22-7-19-9-6-18-12(13(14,15)16)20-11(9)22/h3-7H,1-2H3. The Hall–Kier alpha value is -2.71. The molecular formula is C13H11F3N6. The van der Waals surface area contributed by atoms with Gasteiger partial charge in [-0.1, -0.05) is 0 Å². The van der Waals surface area contributed by atoms with Crippen LogP contribution in [0, 0.1) is 0 Å². The molecule has 0 spiro atoms.